The minimum atomic E-state index is -0.562. The summed E-state index contributed by atoms with van der Waals surface area (Å²) in [7, 11) is 0. The van der Waals surface area contributed by atoms with Gasteiger partial charge in [-0.25, -0.2) is 14.2 Å². The molecular formula is C25H26ClFN6O3. The number of nitrogens with one attached hydrogen (secondary N) is 4. The summed E-state index contributed by atoms with van der Waals surface area (Å²) in [4.78, 5) is 31.9. The zero-order chi connectivity index (χ0) is 25.9. The lowest BCUT2D eigenvalue weighted by Crippen LogP contribution is -2.34. The summed E-state index contributed by atoms with van der Waals surface area (Å²) in [6, 6.07) is 9.69. The van der Waals surface area contributed by atoms with Gasteiger partial charge in [0.15, 0.2) is 5.82 Å². The topological polar surface area (TPSA) is 125 Å². The predicted octanol–water partition coefficient (Wildman–Crippen LogP) is 5.06. The van der Waals surface area contributed by atoms with Crippen molar-refractivity contribution in [3.63, 3.8) is 0 Å². The van der Waals surface area contributed by atoms with Crippen molar-refractivity contribution in [1.82, 2.24) is 30.8 Å². The van der Waals surface area contributed by atoms with E-state index < -0.39 is 17.5 Å². The van der Waals surface area contributed by atoms with Gasteiger partial charge in [0.2, 0.25) is 0 Å². The Hall–Kier alpha value is -3.92. The van der Waals surface area contributed by atoms with Gasteiger partial charge in [-0.1, -0.05) is 17.7 Å². The Labute approximate surface area is 211 Å². The fraction of sp³-hybridized carbons (Fsp3) is 0.280. The van der Waals surface area contributed by atoms with Crippen molar-refractivity contribution in [1.29, 1.82) is 0 Å². The van der Waals surface area contributed by atoms with E-state index in [2.05, 4.69) is 30.8 Å². The lowest BCUT2D eigenvalue weighted by atomic mass is 10.1. The largest absolute Gasteiger partial charge is 0.444 e. The van der Waals surface area contributed by atoms with Crippen LogP contribution in [0.3, 0.4) is 0 Å². The Balaban J connectivity index is 1.40. The van der Waals surface area contributed by atoms with Crippen molar-refractivity contribution in [2.45, 2.75) is 32.8 Å². The molecule has 4 rings (SSSR count). The molecule has 4 N–H and O–H groups in total. The molecule has 2 heterocycles. The molecule has 0 aliphatic rings. The molecule has 9 nitrogen and oxygen atoms in total. The van der Waals surface area contributed by atoms with E-state index in [-0.39, 0.29) is 10.9 Å². The third kappa shape index (κ3) is 6.01. The average molecular weight is 513 g/mol. The van der Waals surface area contributed by atoms with E-state index in [1.807, 2.05) is 0 Å². The molecule has 2 amide bonds. The van der Waals surface area contributed by atoms with Crippen molar-refractivity contribution >= 4 is 34.5 Å². The summed E-state index contributed by atoms with van der Waals surface area (Å²) in [5.41, 5.74) is 2.35. The third-order valence-corrected chi connectivity index (χ3v) is 5.47. The Kier molecular flexibility index (Phi) is 7.25. The van der Waals surface area contributed by atoms with Crippen molar-refractivity contribution in [3.8, 4) is 22.8 Å². The molecule has 0 fully saturated rings. The SMILES string of the molecule is CC(C)(C)OC(=O)NCCCNC(=O)c1ccc2[nH]nc(-c3ncc(-c4ccc(Cl)c(F)c4)[nH]3)c2c1. The van der Waals surface area contributed by atoms with E-state index in [9.17, 15) is 14.0 Å². The van der Waals surface area contributed by atoms with E-state index >= 15 is 0 Å². The number of imidazole rings is 1. The number of H-pyrrole nitrogens is 2. The number of ether oxygens (including phenoxy) is 1. The molecule has 0 unspecified atom stereocenters. The number of amides is 2. The number of nitrogens with zero attached hydrogens (tertiary/aromatic N) is 2. The quantitative estimate of drug-likeness (QED) is 0.258. The molecule has 0 saturated heterocycles. The van der Waals surface area contributed by atoms with Crippen LogP contribution in [0.2, 0.25) is 5.02 Å². The first-order chi connectivity index (χ1) is 17.1. The molecule has 36 heavy (non-hydrogen) atoms. The molecule has 0 aliphatic carbocycles. The molecule has 2 aromatic carbocycles. The summed E-state index contributed by atoms with van der Waals surface area (Å²) in [5.74, 6) is -0.303. The van der Waals surface area contributed by atoms with Gasteiger partial charge in [0, 0.05) is 29.6 Å². The number of hydrogen-bond donors (Lipinski definition) is 4. The molecule has 0 bridgehead atoms. The van der Waals surface area contributed by atoms with Gasteiger partial charge in [0.05, 0.1) is 22.4 Å². The van der Waals surface area contributed by atoms with Crippen LogP contribution in [-0.4, -0.2) is 50.9 Å². The van der Waals surface area contributed by atoms with Gasteiger partial charge in [0.1, 0.15) is 17.1 Å². The maximum atomic E-state index is 13.9. The Morgan fingerprint density at radius 2 is 1.89 bits per heavy atom. The third-order valence-electron chi connectivity index (χ3n) is 5.16. The number of rotatable bonds is 7. The predicted molar refractivity (Wildman–Crippen MR) is 135 cm³/mol. The van der Waals surface area contributed by atoms with Crippen LogP contribution in [-0.2, 0) is 4.74 Å². The summed E-state index contributed by atoms with van der Waals surface area (Å²) >= 11 is 5.77. The van der Waals surface area contributed by atoms with Crippen LogP contribution in [0.15, 0.2) is 42.6 Å². The zero-order valence-corrected chi connectivity index (χ0v) is 20.8. The highest BCUT2D eigenvalue weighted by atomic mass is 35.5. The van der Waals surface area contributed by atoms with Crippen LogP contribution < -0.4 is 10.6 Å². The van der Waals surface area contributed by atoms with Gasteiger partial charge in [-0.05, 0) is 57.5 Å². The summed E-state index contributed by atoms with van der Waals surface area (Å²) in [5, 5.41) is 13.5. The maximum Gasteiger partial charge on any atom is 0.407 e. The highest BCUT2D eigenvalue weighted by molar-refractivity contribution is 6.30. The fourth-order valence-corrected chi connectivity index (χ4v) is 3.60. The number of fused-ring (bicyclic) bond motifs is 1. The monoisotopic (exact) mass is 512 g/mol. The van der Waals surface area contributed by atoms with E-state index in [1.54, 1.807) is 51.2 Å². The van der Waals surface area contributed by atoms with Crippen molar-refractivity contribution in [2.75, 3.05) is 13.1 Å². The Morgan fingerprint density at radius 3 is 2.64 bits per heavy atom. The number of carbonyl (C=O) groups excluding carboxylic acids is 2. The normalized spacial score (nSPS) is 11.5. The number of hydrogen-bond acceptors (Lipinski definition) is 5. The summed E-state index contributed by atoms with van der Waals surface area (Å²) < 4.78 is 19.0. The number of aromatic nitrogens is 4. The molecule has 188 valence electrons. The number of alkyl carbamates (subject to hydrolysis) is 1. The van der Waals surface area contributed by atoms with E-state index in [1.165, 1.54) is 12.1 Å². The zero-order valence-electron chi connectivity index (χ0n) is 20.0. The maximum absolute atomic E-state index is 13.9. The van der Waals surface area contributed by atoms with Gasteiger partial charge in [-0.15, -0.1) is 0 Å². The highest BCUT2D eigenvalue weighted by Gasteiger charge is 2.17. The lowest BCUT2D eigenvalue weighted by Gasteiger charge is -2.19. The van der Waals surface area contributed by atoms with E-state index in [4.69, 9.17) is 16.3 Å². The first kappa shape index (κ1) is 25.2. The second-order valence-corrected chi connectivity index (χ2v) is 9.55. The first-order valence-corrected chi connectivity index (χ1v) is 11.7. The van der Waals surface area contributed by atoms with Crippen LogP contribution in [0.5, 0.6) is 0 Å². The lowest BCUT2D eigenvalue weighted by molar-refractivity contribution is 0.0527. The number of carbonyl (C=O) groups is 2. The van der Waals surface area contributed by atoms with Crippen LogP contribution in [0.1, 0.15) is 37.6 Å². The van der Waals surface area contributed by atoms with Gasteiger partial charge in [-0.3, -0.25) is 9.89 Å². The van der Waals surface area contributed by atoms with Crippen molar-refractivity contribution in [3.05, 3.63) is 59.0 Å². The number of halogens is 2. The molecule has 0 radical (unpaired) electrons. The molecule has 4 aromatic rings. The van der Waals surface area contributed by atoms with Crippen LogP contribution >= 0.6 is 11.6 Å². The van der Waals surface area contributed by atoms with Crippen LogP contribution in [0.25, 0.3) is 33.7 Å². The number of benzene rings is 2. The van der Waals surface area contributed by atoms with Crippen LogP contribution in [0.4, 0.5) is 9.18 Å². The molecule has 0 aliphatic heterocycles. The smallest absolute Gasteiger partial charge is 0.407 e. The molecule has 0 spiro atoms. The minimum absolute atomic E-state index is 0.0434. The average Bonchev–Trinajstić information content (AvgIpc) is 3.46. The van der Waals surface area contributed by atoms with Gasteiger partial charge in [0.25, 0.3) is 5.91 Å². The second-order valence-electron chi connectivity index (χ2n) is 9.15. The molecular weight excluding hydrogens is 487 g/mol. The number of aromatic amines is 2. The molecule has 2 aromatic heterocycles. The molecule has 0 saturated carbocycles. The highest BCUT2D eigenvalue weighted by Crippen LogP contribution is 2.28. The molecule has 0 atom stereocenters. The standard InChI is InChI=1S/C25H26ClFN6O3/c1-25(2,3)36-24(35)29-10-4-9-28-23(34)15-6-8-19-16(11-15)21(33-32-19)22-30-13-20(31-22)14-5-7-17(26)18(27)12-14/h5-8,11-13H,4,9-10H2,1-3H3,(H,28,34)(H,29,35)(H,30,31)(H,32,33). The van der Waals surface area contributed by atoms with Gasteiger partial charge in [-0.2, -0.15) is 5.10 Å². The fourth-order valence-electron chi connectivity index (χ4n) is 3.48. The summed E-state index contributed by atoms with van der Waals surface area (Å²) in [6.45, 7) is 6.13. The van der Waals surface area contributed by atoms with Crippen molar-refractivity contribution in [2.24, 2.45) is 0 Å². The second kappa shape index (κ2) is 10.4. The first-order valence-electron chi connectivity index (χ1n) is 11.3. The Morgan fingerprint density at radius 1 is 1.11 bits per heavy atom. The van der Waals surface area contributed by atoms with E-state index in [0.717, 1.165) is 5.52 Å². The molecule has 11 heteroatoms. The Bertz CT molecular complexity index is 1410. The van der Waals surface area contributed by atoms with Gasteiger partial charge >= 0.3 is 6.09 Å². The van der Waals surface area contributed by atoms with Crippen molar-refractivity contribution < 1.29 is 18.7 Å². The minimum Gasteiger partial charge on any atom is -0.444 e. The van der Waals surface area contributed by atoms with E-state index in [0.29, 0.717) is 53.2 Å². The van der Waals surface area contributed by atoms with Gasteiger partial charge < -0.3 is 20.4 Å². The van der Waals surface area contributed by atoms with Crippen LogP contribution in [0, 0.1) is 5.82 Å². The summed E-state index contributed by atoms with van der Waals surface area (Å²) in [6.07, 6.45) is 1.64.